The summed E-state index contributed by atoms with van der Waals surface area (Å²) in [4.78, 5) is 25.0. The Morgan fingerprint density at radius 2 is 2.10 bits per heavy atom. The van der Waals surface area contributed by atoms with Crippen LogP contribution in [0.25, 0.3) is 0 Å². The SMILES string of the molecule is CC(C)(C)OC(=O)N1[C@@H](C=O)CC[C@H]1c1cccc(F)c1. The molecule has 0 spiro atoms. The number of hydrogen-bond acceptors (Lipinski definition) is 3. The zero-order chi connectivity index (χ0) is 15.6. The van der Waals surface area contributed by atoms with Crippen LogP contribution in [-0.4, -0.2) is 28.9 Å². The van der Waals surface area contributed by atoms with Gasteiger partial charge in [0, 0.05) is 0 Å². The third-order valence-electron chi connectivity index (χ3n) is 3.42. The molecule has 0 bridgehead atoms. The van der Waals surface area contributed by atoms with Gasteiger partial charge in [-0.2, -0.15) is 0 Å². The van der Waals surface area contributed by atoms with Crippen LogP contribution in [0.2, 0.25) is 0 Å². The summed E-state index contributed by atoms with van der Waals surface area (Å²) in [5, 5.41) is 0. The molecular formula is C16H20FNO3. The normalized spacial score (nSPS) is 22.2. The van der Waals surface area contributed by atoms with Crippen LogP contribution in [0.1, 0.15) is 45.2 Å². The van der Waals surface area contributed by atoms with Gasteiger partial charge in [0.05, 0.1) is 12.1 Å². The number of amides is 1. The van der Waals surface area contributed by atoms with Gasteiger partial charge in [0.25, 0.3) is 0 Å². The minimum Gasteiger partial charge on any atom is -0.444 e. The molecule has 1 aromatic carbocycles. The van der Waals surface area contributed by atoms with Gasteiger partial charge in [0.2, 0.25) is 0 Å². The van der Waals surface area contributed by atoms with Crippen LogP contribution in [0.5, 0.6) is 0 Å². The Labute approximate surface area is 123 Å². The molecule has 1 aromatic rings. The minimum atomic E-state index is -0.639. The predicted octanol–water partition coefficient (Wildman–Crippen LogP) is 3.47. The number of halogens is 1. The number of benzene rings is 1. The van der Waals surface area contributed by atoms with Crippen molar-refractivity contribution in [2.24, 2.45) is 0 Å². The highest BCUT2D eigenvalue weighted by Gasteiger charge is 2.39. The Morgan fingerprint density at radius 1 is 1.38 bits per heavy atom. The average molecular weight is 293 g/mol. The van der Waals surface area contributed by atoms with Gasteiger partial charge in [-0.1, -0.05) is 12.1 Å². The van der Waals surface area contributed by atoms with E-state index in [9.17, 15) is 14.0 Å². The van der Waals surface area contributed by atoms with Gasteiger partial charge < -0.3 is 9.53 Å². The predicted molar refractivity (Wildman–Crippen MR) is 76.3 cm³/mol. The number of ether oxygens (including phenoxy) is 1. The number of rotatable bonds is 2. The highest BCUT2D eigenvalue weighted by Crippen LogP contribution is 2.36. The molecule has 21 heavy (non-hydrogen) atoms. The van der Waals surface area contributed by atoms with Gasteiger partial charge in [-0.15, -0.1) is 0 Å². The van der Waals surface area contributed by atoms with Gasteiger partial charge in [0.1, 0.15) is 17.7 Å². The number of carbonyl (C=O) groups is 2. The third-order valence-corrected chi connectivity index (χ3v) is 3.42. The Hall–Kier alpha value is -1.91. The highest BCUT2D eigenvalue weighted by atomic mass is 19.1. The molecule has 2 atom stereocenters. The summed E-state index contributed by atoms with van der Waals surface area (Å²) in [6, 6.07) is 5.27. The summed E-state index contributed by atoms with van der Waals surface area (Å²) in [5.74, 6) is -0.355. The Balaban J connectivity index is 2.28. The molecule has 1 aliphatic rings. The van der Waals surface area contributed by atoms with E-state index >= 15 is 0 Å². The fourth-order valence-electron chi connectivity index (χ4n) is 2.59. The summed E-state index contributed by atoms with van der Waals surface area (Å²) in [6.07, 6.45) is 1.39. The maximum atomic E-state index is 13.4. The minimum absolute atomic E-state index is 0.328. The second kappa shape index (κ2) is 5.84. The zero-order valence-corrected chi connectivity index (χ0v) is 12.5. The molecule has 0 radical (unpaired) electrons. The van der Waals surface area contributed by atoms with Crippen LogP contribution in [0, 0.1) is 5.82 Å². The van der Waals surface area contributed by atoms with Crippen LogP contribution in [0.3, 0.4) is 0 Å². The second-order valence-electron chi connectivity index (χ2n) is 6.24. The van der Waals surface area contributed by atoms with Gasteiger partial charge in [-0.05, 0) is 51.3 Å². The van der Waals surface area contributed by atoms with Gasteiger partial charge in [-0.3, -0.25) is 4.90 Å². The standard InChI is InChI=1S/C16H20FNO3/c1-16(2,3)21-15(20)18-13(10-19)7-8-14(18)11-5-4-6-12(17)9-11/h4-6,9-10,13-14H,7-8H2,1-3H3/t13-,14+/m1/s1. The van der Waals surface area contributed by atoms with E-state index in [-0.39, 0.29) is 11.9 Å². The highest BCUT2D eigenvalue weighted by molar-refractivity contribution is 5.75. The molecule has 0 aliphatic carbocycles. The van der Waals surface area contributed by atoms with Crippen LogP contribution in [0.4, 0.5) is 9.18 Å². The molecule has 1 saturated heterocycles. The van der Waals surface area contributed by atoms with Gasteiger partial charge in [0.15, 0.2) is 0 Å². The van der Waals surface area contributed by atoms with E-state index in [1.54, 1.807) is 32.9 Å². The maximum absolute atomic E-state index is 13.4. The molecular weight excluding hydrogens is 273 g/mol. The molecule has 4 nitrogen and oxygen atoms in total. The molecule has 114 valence electrons. The number of likely N-dealkylation sites (tertiary alicyclic amines) is 1. The van der Waals surface area contributed by atoms with Crippen LogP contribution < -0.4 is 0 Å². The molecule has 0 saturated carbocycles. The van der Waals surface area contributed by atoms with Crippen molar-refractivity contribution in [1.82, 2.24) is 4.90 Å². The quantitative estimate of drug-likeness (QED) is 0.784. The molecule has 1 amide bonds. The van der Waals surface area contributed by atoms with Crippen molar-refractivity contribution < 1.29 is 18.7 Å². The second-order valence-corrected chi connectivity index (χ2v) is 6.24. The van der Waals surface area contributed by atoms with Crippen molar-refractivity contribution in [1.29, 1.82) is 0 Å². The summed E-state index contributed by atoms with van der Waals surface area (Å²) in [7, 11) is 0. The number of hydrogen-bond donors (Lipinski definition) is 0. The Kier molecular flexibility index (Phi) is 4.30. The van der Waals surface area contributed by atoms with Crippen molar-refractivity contribution in [3.63, 3.8) is 0 Å². The summed E-state index contributed by atoms with van der Waals surface area (Å²) in [5.41, 5.74) is 0.0461. The van der Waals surface area contributed by atoms with Gasteiger partial charge >= 0.3 is 6.09 Å². The lowest BCUT2D eigenvalue weighted by atomic mass is 10.0. The fraction of sp³-hybridized carbons (Fsp3) is 0.500. The van der Waals surface area contributed by atoms with E-state index in [0.717, 1.165) is 6.29 Å². The van der Waals surface area contributed by atoms with Crippen molar-refractivity contribution in [2.75, 3.05) is 0 Å². The van der Waals surface area contributed by atoms with E-state index in [1.807, 2.05) is 0 Å². The molecule has 0 N–H and O–H groups in total. The number of carbonyl (C=O) groups excluding carboxylic acids is 2. The Bertz CT molecular complexity index is 539. The van der Waals surface area contributed by atoms with E-state index in [1.165, 1.54) is 17.0 Å². The molecule has 5 heteroatoms. The summed E-state index contributed by atoms with van der Waals surface area (Å²) in [6.45, 7) is 5.32. The molecule has 1 fully saturated rings. The Morgan fingerprint density at radius 3 is 2.67 bits per heavy atom. The first kappa shape index (κ1) is 15.5. The summed E-state index contributed by atoms with van der Waals surface area (Å²) < 4.78 is 18.8. The van der Waals surface area contributed by atoms with E-state index in [0.29, 0.717) is 18.4 Å². The lowest BCUT2D eigenvalue weighted by Crippen LogP contribution is -2.41. The maximum Gasteiger partial charge on any atom is 0.411 e. The molecule has 0 aromatic heterocycles. The van der Waals surface area contributed by atoms with Crippen LogP contribution in [0.15, 0.2) is 24.3 Å². The van der Waals surface area contributed by atoms with E-state index in [2.05, 4.69) is 0 Å². The number of nitrogens with zero attached hydrogens (tertiary/aromatic N) is 1. The molecule has 1 aliphatic heterocycles. The lowest BCUT2D eigenvalue weighted by Gasteiger charge is -2.31. The molecule has 2 rings (SSSR count). The van der Waals surface area contributed by atoms with Crippen LogP contribution in [-0.2, 0) is 9.53 Å². The van der Waals surface area contributed by atoms with E-state index in [4.69, 9.17) is 4.74 Å². The number of aldehydes is 1. The van der Waals surface area contributed by atoms with Crippen LogP contribution >= 0.6 is 0 Å². The smallest absolute Gasteiger partial charge is 0.411 e. The fourth-order valence-corrected chi connectivity index (χ4v) is 2.59. The van der Waals surface area contributed by atoms with E-state index < -0.39 is 17.7 Å². The lowest BCUT2D eigenvalue weighted by molar-refractivity contribution is -0.112. The van der Waals surface area contributed by atoms with Crippen molar-refractivity contribution in [2.45, 2.75) is 51.3 Å². The largest absolute Gasteiger partial charge is 0.444 e. The van der Waals surface area contributed by atoms with Crippen molar-refractivity contribution >= 4 is 12.4 Å². The summed E-state index contributed by atoms with van der Waals surface area (Å²) >= 11 is 0. The average Bonchev–Trinajstić information content (AvgIpc) is 2.80. The molecule has 0 unspecified atom stereocenters. The van der Waals surface area contributed by atoms with Gasteiger partial charge in [-0.25, -0.2) is 9.18 Å². The first-order valence-electron chi connectivity index (χ1n) is 7.04. The molecule has 1 heterocycles. The first-order valence-corrected chi connectivity index (χ1v) is 7.04. The topological polar surface area (TPSA) is 46.6 Å². The monoisotopic (exact) mass is 293 g/mol. The van der Waals surface area contributed by atoms with Crippen molar-refractivity contribution in [3.05, 3.63) is 35.6 Å². The third kappa shape index (κ3) is 3.60. The zero-order valence-electron chi connectivity index (χ0n) is 12.5. The first-order chi connectivity index (χ1) is 9.81. The van der Waals surface area contributed by atoms with Crippen molar-refractivity contribution in [3.8, 4) is 0 Å².